The minimum Gasteiger partial charge on any atom is -0.475 e. The number of hydroxylamine groups is 1. The van der Waals surface area contributed by atoms with Crippen molar-refractivity contribution in [3.05, 3.63) is 35.6 Å². The van der Waals surface area contributed by atoms with Gasteiger partial charge in [0.2, 0.25) is 11.7 Å². The summed E-state index contributed by atoms with van der Waals surface area (Å²) in [7, 11) is 0. The molecule has 100 valence electrons. The number of carboxylic acids is 1. The maximum Gasteiger partial charge on any atom is 0.371 e. The van der Waals surface area contributed by atoms with Gasteiger partial charge in [0.15, 0.2) is 0 Å². The molecule has 1 aromatic heterocycles. The van der Waals surface area contributed by atoms with Crippen LogP contribution in [0.4, 0.5) is 0 Å². The summed E-state index contributed by atoms with van der Waals surface area (Å²) in [6.07, 6.45) is 0. The molecule has 0 aliphatic rings. The molecule has 2 aromatic rings. The fourth-order valence-corrected chi connectivity index (χ4v) is 1.56. The topological polar surface area (TPSA) is 115 Å². The van der Waals surface area contributed by atoms with Gasteiger partial charge in [-0.3, -0.25) is 9.63 Å². The summed E-state index contributed by atoms with van der Waals surface area (Å²) < 4.78 is 5.13. The van der Waals surface area contributed by atoms with Crippen molar-refractivity contribution in [2.24, 2.45) is 5.73 Å². The van der Waals surface area contributed by atoms with E-state index in [0.717, 1.165) is 5.56 Å². The Balaban J connectivity index is 2.04. The van der Waals surface area contributed by atoms with Gasteiger partial charge in [0, 0.05) is 11.9 Å². The number of carboxylic acid groups (broad SMARTS) is 1. The number of aromatic carboxylic acids is 1. The molecule has 0 fully saturated rings. The van der Waals surface area contributed by atoms with Gasteiger partial charge in [-0.25, -0.2) is 4.79 Å². The number of hydrogen-bond donors (Lipinski definition) is 3. The number of carbonyl (C=O) groups is 2. The molecule has 0 unspecified atom stereocenters. The Bertz CT molecular complexity index is 620. The Morgan fingerprint density at radius 3 is 2.84 bits per heavy atom. The Morgan fingerprint density at radius 1 is 1.37 bits per heavy atom. The molecule has 0 radical (unpaired) electrons. The first-order valence-corrected chi connectivity index (χ1v) is 5.45. The summed E-state index contributed by atoms with van der Waals surface area (Å²) in [5, 5.41) is 9.50. The van der Waals surface area contributed by atoms with Gasteiger partial charge >= 0.3 is 5.97 Å². The van der Waals surface area contributed by atoms with E-state index in [1.807, 2.05) is 0 Å². The number of benzene rings is 1. The van der Waals surface area contributed by atoms with E-state index in [0.29, 0.717) is 17.5 Å². The van der Waals surface area contributed by atoms with Gasteiger partial charge in [0.25, 0.3) is 0 Å². The molecule has 0 spiro atoms. The largest absolute Gasteiger partial charge is 0.475 e. The molecule has 2 rings (SSSR count). The lowest BCUT2D eigenvalue weighted by molar-refractivity contribution is -0.125. The standard InChI is InChI=1S/C12H12N2O5/c13-11(15)6-18-14-5-7-1-2-9-8(3-7)4-10(19-9)12(16)17/h1-4,14H,5-6H2,(H2,13,15)(H,16,17). The van der Waals surface area contributed by atoms with Crippen molar-refractivity contribution in [1.29, 1.82) is 0 Å². The van der Waals surface area contributed by atoms with Crippen LogP contribution in [0.2, 0.25) is 0 Å². The van der Waals surface area contributed by atoms with E-state index < -0.39 is 11.9 Å². The smallest absolute Gasteiger partial charge is 0.371 e. The van der Waals surface area contributed by atoms with E-state index in [1.165, 1.54) is 6.07 Å². The zero-order valence-corrected chi connectivity index (χ0v) is 9.88. The third kappa shape index (κ3) is 3.30. The lowest BCUT2D eigenvalue weighted by atomic mass is 10.1. The molecule has 7 nitrogen and oxygen atoms in total. The van der Waals surface area contributed by atoms with E-state index in [1.54, 1.807) is 18.2 Å². The first-order valence-electron chi connectivity index (χ1n) is 5.45. The quantitative estimate of drug-likeness (QED) is 0.521. The third-order valence-electron chi connectivity index (χ3n) is 2.38. The maximum atomic E-state index is 10.8. The van der Waals surface area contributed by atoms with Crippen LogP contribution in [0, 0.1) is 0 Å². The number of primary amides is 1. The highest BCUT2D eigenvalue weighted by molar-refractivity contribution is 5.91. The van der Waals surface area contributed by atoms with Crippen LogP contribution in [-0.2, 0) is 16.2 Å². The lowest BCUT2D eigenvalue weighted by Crippen LogP contribution is -2.24. The second-order valence-corrected chi connectivity index (χ2v) is 3.86. The second-order valence-electron chi connectivity index (χ2n) is 3.86. The van der Waals surface area contributed by atoms with Crippen LogP contribution in [0.15, 0.2) is 28.7 Å². The summed E-state index contributed by atoms with van der Waals surface area (Å²) in [4.78, 5) is 26.0. The van der Waals surface area contributed by atoms with E-state index in [9.17, 15) is 9.59 Å². The highest BCUT2D eigenvalue weighted by atomic mass is 16.6. The van der Waals surface area contributed by atoms with E-state index in [2.05, 4.69) is 5.48 Å². The second kappa shape index (κ2) is 5.51. The summed E-state index contributed by atoms with van der Waals surface area (Å²) in [6, 6.07) is 6.66. The van der Waals surface area contributed by atoms with Crippen LogP contribution in [0.5, 0.6) is 0 Å². The molecule has 4 N–H and O–H groups in total. The molecule has 0 atom stereocenters. The summed E-state index contributed by atoms with van der Waals surface area (Å²) >= 11 is 0. The summed E-state index contributed by atoms with van der Waals surface area (Å²) in [5.74, 6) is -1.78. The fourth-order valence-electron chi connectivity index (χ4n) is 1.56. The zero-order valence-electron chi connectivity index (χ0n) is 9.88. The average molecular weight is 264 g/mol. The Labute approximate surface area is 107 Å². The van der Waals surface area contributed by atoms with E-state index >= 15 is 0 Å². The summed E-state index contributed by atoms with van der Waals surface area (Å²) in [5.41, 5.74) is 8.84. The number of furan rings is 1. The van der Waals surface area contributed by atoms with Crippen LogP contribution in [0.1, 0.15) is 16.1 Å². The lowest BCUT2D eigenvalue weighted by Gasteiger charge is -2.03. The monoisotopic (exact) mass is 264 g/mol. The molecular weight excluding hydrogens is 252 g/mol. The van der Waals surface area contributed by atoms with Crippen molar-refractivity contribution in [3.8, 4) is 0 Å². The molecule has 7 heteroatoms. The molecule has 1 heterocycles. The van der Waals surface area contributed by atoms with Crippen LogP contribution in [0.25, 0.3) is 11.0 Å². The average Bonchev–Trinajstić information content (AvgIpc) is 2.77. The minimum atomic E-state index is -1.11. The van der Waals surface area contributed by atoms with Crippen molar-refractivity contribution in [1.82, 2.24) is 5.48 Å². The normalized spacial score (nSPS) is 10.7. The maximum absolute atomic E-state index is 10.8. The number of rotatable bonds is 6. The Morgan fingerprint density at radius 2 is 2.16 bits per heavy atom. The molecule has 0 saturated carbocycles. The van der Waals surface area contributed by atoms with Gasteiger partial charge in [-0.05, 0) is 23.8 Å². The summed E-state index contributed by atoms with van der Waals surface area (Å²) in [6.45, 7) is 0.147. The van der Waals surface area contributed by atoms with Crippen molar-refractivity contribution in [2.45, 2.75) is 6.54 Å². The predicted molar refractivity (Wildman–Crippen MR) is 65.2 cm³/mol. The molecule has 19 heavy (non-hydrogen) atoms. The van der Waals surface area contributed by atoms with Gasteiger partial charge in [-0.2, -0.15) is 5.48 Å². The zero-order chi connectivity index (χ0) is 13.8. The van der Waals surface area contributed by atoms with Crippen molar-refractivity contribution in [2.75, 3.05) is 6.61 Å². The molecule has 0 saturated heterocycles. The number of carbonyl (C=O) groups excluding carboxylic acids is 1. The van der Waals surface area contributed by atoms with E-state index in [-0.39, 0.29) is 12.4 Å². The molecule has 0 aliphatic carbocycles. The fraction of sp³-hybridized carbons (Fsp3) is 0.167. The first-order chi connectivity index (χ1) is 9.06. The molecule has 0 bridgehead atoms. The highest BCUT2D eigenvalue weighted by Gasteiger charge is 2.10. The molecule has 0 aliphatic heterocycles. The van der Waals surface area contributed by atoms with Gasteiger partial charge in [-0.15, -0.1) is 0 Å². The van der Waals surface area contributed by atoms with Gasteiger partial charge < -0.3 is 15.3 Å². The van der Waals surface area contributed by atoms with Crippen LogP contribution < -0.4 is 11.2 Å². The predicted octanol–water partition coefficient (Wildman–Crippen LogP) is 0.637. The molecule has 1 amide bonds. The number of fused-ring (bicyclic) bond motifs is 1. The van der Waals surface area contributed by atoms with Gasteiger partial charge in [0.05, 0.1) is 0 Å². The number of hydrogen-bond acceptors (Lipinski definition) is 5. The number of nitrogens with two attached hydrogens (primary N) is 1. The van der Waals surface area contributed by atoms with Crippen LogP contribution in [-0.4, -0.2) is 23.6 Å². The Hall–Kier alpha value is -2.38. The van der Waals surface area contributed by atoms with Crippen molar-refractivity contribution >= 4 is 22.8 Å². The van der Waals surface area contributed by atoms with Gasteiger partial charge in [-0.1, -0.05) is 6.07 Å². The third-order valence-corrected chi connectivity index (χ3v) is 2.38. The molecule has 1 aromatic carbocycles. The SMILES string of the molecule is NC(=O)CONCc1ccc2oc(C(=O)O)cc2c1. The van der Waals surface area contributed by atoms with Crippen molar-refractivity contribution in [3.63, 3.8) is 0 Å². The van der Waals surface area contributed by atoms with Crippen LogP contribution in [0.3, 0.4) is 0 Å². The number of nitrogens with one attached hydrogen (secondary N) is 1. The van der Waals surface area contributed by atoms with E-state index in [4.69, 9.17) is 20.1 Å². The minimum absolute atomic E-state index is 0.106. The van der Waals surface area contributed by atoms with Crippen LogP contribution >= 0.6 is 0 Å². The number of amides is 1. The first kappa shape index (κ1) is 13.1. The highest BCUT2D eigenvalue weighted by Crippen LogP contribution is 2.20. The molecular formula is C12H12N2O5. The van der Waals surface area contributed by atoms with Crippen molar-refractivity contribution < 1.29 is 24.0 Å². The Kier molecular flexibility index (Phi) is 3.79. The van der Waals surface area contributed by atoms with Gasteiger partial charge in [0.1, 0.15) is 12.2 Å².